The van der Waals surface area contributed by atoms with E-state index < -0.39 is 6.36 Å². The van der Waals surface area contributed by atoms with E-state index in [-0.39, 0.29) is 11.8 Å². The minimum atomic E-state index is -4.67. The molecule has 1 aromatic carbocycles. The Morgan fingerprint density at radius 3 is 2.48 bits per heavy atom. The first-order valence-corrected chi connectivity index (χ1v) is 6.34. The van der Waals surface area contributed by atoms with Gasteiger partial charge in [-0.15, -0.1) is 13.2 Å². The number of benzene rings is 1. The van der Waals surface area contributed by atoms with Crippen LogP contribution in [-0.4, -0.2) is 11.3 Å². The summed E-state index contributed by atoms with van der Waals surface area (Å²) in [7, 11) is 0. The van der Waals surface area contributed by atoms with Gasteiger partial charge in [0.1, 0.15) is 11.5 Å². The molecule has 21 heavy (non-hydrogen) atoms. The van der Waals surface area contributed by atoms with Crippen LogP contribution in [0.25, 0.3) is 0 Å². The van der Waals surface area contributed by atoms with Gasteiger partial charge in [0.05, 0.1) is 12.2 Å². The van der Waals surface area contributed by atoms with Crippen LogP contribution in [0.3, 0.4) is 0 Å². The third-order valence-electron chi connectivity index (χ3n) is 2.78. The van der Waals surface area contributed by atoms with Crippen LogP contribution in [0.4, 0.5) is 13.2 Å². The lowest BCUT2D eigenvalue weighted by Gasteiger charge is -2.12. The van der Waals surface area contributed by atoms with Crippen LogP contribution < -0.4 is 10.1 Å². The average Bonchev–Trinajstić information content (AvgIpc) is 2.82. The summed E-state index contributed by atoms with van der Waals surface area (Å²) in [5.41, 5.74) is 0.833. The van der Waals surface area contributed by atoms with Gasteiger partial charge in [-0.05, 0) is 31.5 Å². The maximum Gasteiger partial charge on any atom is 0.573 e. The van der Waals surface area contributed by atoms with E-state index in [1.807, 2.05) is 13.8 Å². The highest BCUT2D eigenvalue weighted by Crippen LogP contribution is 2.23. The van der Waals surface area contributed by atoms with Crippen LogP contribution in [-0.2, 0) is 6.54 Å². The first-order chi connectivity index (χ1) is 9.83. The standard InChI is InChI=1S/C14H15F3N2O2/c1-9-7-19-13(20-9)10(2)18-8-11-3-5-12(6-4-11)21-14(15,16)17/h3-7,10,18H,8H2,1-2H3. The fourth-order valence-electron chi connectivity index (χ4n) is 1.74. The van der Waals surface area contributed by atoms with Gasteiger partial charge in [0.25, 0.3) is 0 Å². The van der Waals surface area contributed by atoms with E-state index in [9.17, 15) is 13.2 Å². The molecule has 0 fully saturated rings. The number of aromatic nitrogens is 1. The number of oxazole rings is 1. The summed E-state index contributed by atoms with van der Waals surface area (Å²) in [6.07, 6.45) is -3.03. The Kier molecular flexibility index (Phi) is 4.52. The molecule has 2 aromatic rings. The maximum atomic E-state index is 12.0. The van der Waals surface area contributed by atoms with Crippen molar-refractivity contribution in [1.29, 1.82) is 0 Å². The third kappa shape index (κ3) is 4.78. The third-order valence-corrected chi connectivity index (χ3v) is 2.78. The van der Waals surface area contributed by atoms with Crippen molar-refractivity contribution < 1.29 is 22.3 Å². The highest BCUT2D eigenvalue weighted by molar-refractivity contribution is 5.27. The predicted molar refractivity (Wildman–Crippen MR) is 69.6 cm³/mol. The topological polar surface area (TPSA) is 47.3 Å². The van der Waals surface area contributed by atoms with E-state index in [2.05, 4.69) is 15.0 Å². The molecule has 0 aliphatic heterocycles. The number of hydrogen-bond donors (Lipinski definition) is 1. The molecule has 0 aliphatic carbocycles. The molecule has 114 valence electrons. The summed E-state index contributed by atoms with van der Waals surface area (Å²) in [5, 5.41) is 3.18. The zero-order valence-corrected chi connectivity index (χ0v) is 11.6. The van der Waals surface area contributed by atoms with E-state index in [1.165, 1.54) is 12.1 Å². The second-order valence-electron chi connectivity index (χ2n) is 4.60. The van der Waals surface area contributed by atoms with Crippen molar-refractivity contribution in [3.63, 3.8) is 0 Å². The lowest BCUT2D eigenvalue weighted by atomic mass is 10.2. The number of alkyl halides is 3. The van der Waals surface area contributed by atoms with E-state index in [4.69, 9.17) is 4.42 Å². The monoisotopic (exact) mass is 300 g/mol. The van der Waals surface area contributed by atoms with E-state index in [0.29, 0.717) is 12.4 Å². The fourth-order valence-corrected chi connectivity index (χ4v) is 1.74. The minimum absolute atomic E-state index is 0.0928. The average molecular weight is 300 g/mol. The van der Waals surface area contributed by atoms with Crippen LogP contribution in [0.15, 0.2) is 34.9 Å². The summed E-state index contributed by atoms with van der Waals surface area (Å²) in [6, 6.07) is 5.61. The molecule has 1 aromatic heterocycles. The zero-order chi connectivity index (χ0) is 15.5. The molecule has 1 unspecified atom stereocenters. The number of hydrogen-bond acceptors (Lipinski definition) is 4. The van der Waals surface area contributed by atoms with Crippen LogP contribution >= 0.6 is 0 Å². The molecule has 0 amide bonds. The van der Waals surface area contributed by atoms with Crippen LogP contribution in [0.1, 0.15) is 30.2 Å². The van der Waals surface area contributed by atoms with Crippen molar-refractivity contribution in [1.82, 2.24) is 10.3 Å². The van der Waals surface area contributed by atoms with Crippen molar-refractivity contribution in [3.05, 3.63) is 47.7 Å². The van der Waals surface area contributed by atoms with Crippen LogP contribution in [0.5, 0.6) is 5.75 Å². The molecule has 0 saturated carbocycles. The maximum absolute atomic E-state index is 12.0. The van der Waals surface area contributed by atoms with Gasteiger partial charge in [-0.3, -0.25) is 0 Å². The highest BCUT2D eigenvalue weighted by Gasteiger charge is 2.30. The Morgan fingerprint density at radius 2 is 1.95 bits per heavy atom. The second-order valence-corrected chi connectivity index (χ2v) is 4.60. The summed E-state index contributed by atoms with van der Waals surface area (Å²) in [5.74, 6) is 1.07. The Hall–Kier alpha value is -2.02. The SMILES string of the molecule is Cc1cnc(C(C)NCc2ccc(OC(F)(F)F)cc2)o1. The molecule has 0 radical (unpaired) electrons. The van der Waals surface area contributed by atoms with Crippen molar-refractivity contribution in [3.8, 4) is 5.75 Å². The second kappa shape index (κ2) is 6.17. The van der Waals surface area contributed by atoms with Gasteiger partial charge in [0, 0.05) is 6.54 Å². The van der Waals surface area contributed by atoms with E-state index >= 15 is 0 Å². The molecular weight excluding hydrogens is 285 g/mol. The molecule has 7 heteroatoms. The highest BCUT2D eigenvalue weighted by atomic mass is 19.4. The molecule has 1 N–H and O–H groups in total. The number of ether oxygens (including phenoxy) is 1. The molecule has 0 saturated heterocycles. The predicted octanol–water partition coefficient (Wildman–Crippen LogP) is 3.73. The number of rotatable bonds is 5. The Labute approximate surface area is 119 Å². The molecule has 4 nitrogen and oxygen atoms in total. The first kappa shape index (κ1) is 15.4. The zero-order valence-electron chi connectivity index (χ0n) is 11.6. The Morgan fingerprint density at radius 1 is 1.29 bits per heavy atom. The van der Waals surface area contributed by atoms with Gasteiger partial charge in [-0.1, -0.05) is 12.1 Å². The van der Waals surface area contributed by atoms with E-state index in [0.717, 1.165) is 11.3 Å². The van der Waals surface area contributed by atoms with Gasteiger partial charge in [-0.25, -0.2) is 4.98 Å². The van der Waals surface area contributed by atoms with Crippen molar-refractivity contribution in [2.24, 2.45) is 0 Å². The van der Waals surface area contributed by atoms with Crippen molar-refractivity contribution in [2.45, 2.75) is 32.8 Å². The van der Waals surface area contributed by atoms with Gasteiger partial charge in [0.15, 0.2) is 0 Å². The quantitative estimate of drug-likeness (QED) is 0.914. The van der Waals surface area contributed by atoms with E-state index in [1.54, 1.807) is 18.3 Å². The van der Waals surface area contributed by atoms with Gasteiger partial charge in [0.2, 0.25) is 5.89 Å². The lowest BCUT2D eigenvalue weighted by Crippen LogP contribution is -2.19. The normalized spacial score (nSPS) is 13.2. The summed E-state index contributed by atoms with van der Waals surface area (Å²) in [4.78, 5) is 4.11. The van der Waals surface area contributed by atoms with Crippen LogP contribution in [0.2, 0.25) is 0 Å². The molecule has 0 bridgehead atoms. The van der Waals surface area contributed by atoms with Crippen molar-refractivity contribution >= 4 is 0 Å². The number of nitrogens with zero attached hydrogens (tertiary/aromatic N) is 1. The number of aryl methyl sites for hydroxylation is 1. The van der Waals surface area contributed by atoms with Gasteiger partial charge >= 0.3 is 6.36 Å². The summed E-state index contributed by atoms with van der Waals surface area (Å²) in [6.45, 7) is 4.18. The largest absolute Gasteiger partial charge is 0.573 e. The molecular formula is C14H15F3N2O2. The van der Waals surface area contributed by atoms with Gasteiger partial charge in [-0.2, -0.15) is 0 Å². The van der Waals surface area contributed by atoms with Gasteiger partial charge < -0.3 is 14.5 Å². The molecule has 0 spiro atoms. The fraction of sp³-hybridized carbons (Fsp3) is 0.357. The molecule has 1 heterocycles. The number of halogens is 3. The molecule has 2 rings (SSSR count). The van der Waals surface area contributed by atoms with Crippen LogP contribution in [0, 0.1) is 6.92 Å². The summed E-state index contributed by atoms with van der Waals surface area (Å²) >= 11 is 0. The smallest absolute Gasteiger partial charge is 0.444 e. The Balaban J connectivity index is 1.89. The number of nitrogens with one attached hydrogen (secondary N) is 1. The van der Waals surface area contributed by atoms with Crippen molar-refractivity contribution in [2.75, 3.05) is 0 Å². The minimum Gasteiger partial charge on any atom is -0.444 e. The lowest BCUT2D eigenvalue weighted by molar-refractivity contribution is -0.274. The molecule has 0 aliphatic rings. The molecule has 1 atom stereocenters. The summed E-state index contributed by atoms with van der Waals surface area (Å²) < 4.78 is 45.3. The Bertz CT molecular complexity index is 579. The first-order valence-electron chi connectivity index (χ1n) is 6.34.